The first-order chi connectivity index (χ1) is 8.38. The van der Waals surface area contributed by atoms with Gasteiger partial charge in [-0.1, -0.05) is 0 Å². The van der Waals surface area contributed by atoms with Gasteiger partial charge in [0.05, 0.1) is 6.61 Å². The van der Waals surface area contributed by atoms with Crippen molar-refractivity contribution in [3.8, 4) is 0 Å². The molecule has 2 aliphatic rings. The first kappa shape index (κ1) is 13.3. The van der Waals surface area contributed by atoms with Gasteiger partial charge >= 0.3 is 0 Å². The zero-order valence-electron chi connectivity index (χ0n) is 11.2. The molecule has 17 heavy (non-hydrogen) atoms. The lowest BCUT2D eigenvalue weighted by Crippen LogP contribution is -2.48. The van der Waals surface area contributed by atoms with Crippen LogP contribution in [0.1, 0.15) is 13.3 Å². The van der Waals surface area contributed by atoms with Crippen molar-refractivity contribution in [3.63, 3.8) is 0 Å². The third kappa shape index (κ3) is 4.54. The second-order valence-electron chi connectivity index (χ2n) is 5.22. The molecule has 2 aliphatic heterocycles. The molecule has 0 aromatic rings. The van der Waals surface area contributed by atoms with Crippen molar-refractivity contribution in [2.24, 2.45) is 5.92 Å². The van der Waals surface area contributed by atoms with Gasteiger partial charge in [0.1, 0.15) is 0 Å². The highest BCUT2D eigenvalue weighted by atomic mass is 16.5. The van der Waals surface area contributed by atoms with Crippen molar-refractivity contribution in [1.82, 2.24) is 15.1 Å². The Morgan fingerprint density at radius 3 is 2.59 bits per heavy atom. The summed E-state index contributed by atoms with van der Waals surface area (Å²) in [6.07, 6.45) is 1.31. The van der Waals surface area contributed by atoms with E-state index in [0.717, 1.165) is 25.7 Å². The van der Waals surface area contributed by atoms with E-state index in [1.807, 2.05) is 0 Å². The van der Waals surface area contributed by atoms with Crippen LogP contribution in [0.15, 0.2) is 0 Å². The van der Waals surface area contributed by atoms with Crippen LogP contribution in [0.4, 0.5) is 0 Å². The second kappa shape index (κ2) is 7.31. The largest absolute Gasteiger partial charge is 0.380 e. The van der Waals surface area contributed by atoms with Gasteiger partial charge in [0, 0.05) is 45.9 Å². The van der Waals surface area contributed by atoms with E-state index >= 15 is 0 Å². The molecule has 0 bridgehead atoms. The summed E-state index contributed by atoms with van der Waals surface area (Å²) in [5.41, 5.74) is 0. The second-order valence-corrected chi connectivity index (χ2v) is 5.22. The van der Waals surface area contributed by atoms with Crippen molar-refractivity contribution in [2.75, 3.05) is 65.6 Å². The van der Waals surface area contributed by atoms with Gasteiger partial charge in [0.15, 0.2) is 0 Å². The molecule has 4 heteroatoms. The van der Waals surface area contributed by atoms with Crippen molar-refractivity contribution in [3.05, 3.63) is 0 Å². The molecule has 0 unspecified atom stereocenters. The molecule has 0 aromatic carbocycles. The van der Waals surface area contributed by atoms with E-state index in [9.17, 15) is 0 Å². The Kier molecular flexibility index (Phi) is 5.71. The predicted octanol–water partition coefficient (Wildman–Crippen LogP) is 0.250. The highest BCUT2D eigenvalue weighted by Gasteiger charge is 2.21. The summed E-state index contributed by atoms with van der Waals surface area (Å²) >= 11 is 0. The minimum Gasteiger partial charge on any atom is -0.380 e. The van der Waals surface area contributed by atoms with Crippen molar-refractivity contribution in [1.29, 1.82) is 0 Å². The number of rotatable bonds is 6. The molecule has 2 fully saturated rings. The monoisotopic (exact) mass is 241 g/mol. The van der Waals surface area contributed by atoms with E-state index in [1.54, 1.807) is 0 Å². The molecule has 0 aliphatic carbocycles. The summed E-state index contributed by atoms with van der Waals surface area (Å²) in [5.74, 6) is 0.907. The van der Waals surface area contributed by atoms with Gasteiger partial charge in [0.2, 0.25) is 0 Å². The van der Waals surface area contributed by atoms with Crippen LogP contribution in [-0.2, 0) is 4.74 Å². The van der Waals surface area contributed by atoms with Gasteiger partial charge in [-0.25, -0.2) is 0 Å². The fourth-order valence-electron chi connectivity index (χ4n) is 2.61. The van der Waals surface area contributed by atoms with Crippen LogP contribution in [0, 0.1) is 5.92 Å². The summed E-state index contributed by atoms with van der Waals surface area (Å²) in [4.78, 5) is 5.20. The summed E-state index contributed by atoms with van der Waals surface area (Å²) in [7, 11) is 0. The molecule has 0 radical (unpaired) electrons. The minimum atomic E-state index is 0.842. The van der Waals surface area contributed by atoms with E-state index in [0.29, 0.717) is 0 Å². The molecule has 1 N–H and O–H groups in total. The number of nitrogens with one attached hydrogen (secondary N) is 1. The molecule has 0 saturated carbocycles. The number of ether oxygens (including phenoxy) is 1. The molecule has 0 spiro atoms. The van der Waals surface area contributed by atoms with Crippen LogP contribution in [0.5, 0.6) is 0 Å². The standard InChI is InChI=1S/C13H27N3O/c1-2-17-9-8-15-4-3-5-16(7-6-15)12-13-10-14-11-13/h13-14H,2-12H2,1H3. The predicted molar refractivity (Wildman–Crippen MR) is 70.3 cm³/mol. The number of hydrogen-bond donors (Lipinski definition) is 1. The van der Waals surface area contributed by atoms with Crippen molar-refractivity contribution >= 4 is 0 Å². The highest BCUT2D eigenvalue weighted by molar-refractivity contribution is 4.79. The smallest absolute Gasteiger partial charge is 0.0593 e. The molecule has 0 amide bonds. The maximum absolute atomic E-state index is 5.43. The van der Waals surface area contributed by atoms with Gasteiger partial charge < -0.3 is 15.0 Å². The fourth-order valence-corrected chi connectivity index (χ4v) is 2.61. The van der Waals surface area contributed by atoms with Crippen molar-refractivity contribution < 1.29 is 4.74 Å². The van der Waals surface area contributed by atoms with Crippen LogP contribution in [0.25, 0.3) is 0 Å². The van der Waals surface area contributed by atoms with Gasteiger partial charge in [-0.05, 0) is 32.4 Å². The van der Waals surface area contributed by atoms with Gasteiger partial charge in [-0.2, -0.15) is 0 Å². The van der Waals surface area contributed by atoms with E-state index in [-0.39, 0.29) is 0 Å². The average molecular weight is 241 g/mol. The zero-order valence-corrected chi connectivity index (χ0v) is 11.2. The van der Waals surface area contributed by atoms with Crippen LogP contribution in [0.3, 0.4) is 0 Å². The molecule has 2 rings (SSSR count). The average Bonchev–Trinajstić information content (AvgIpc) is 2.50. The van der Waals surface area contributed by atoms with Crippen LogP contribution in [-0.4, -0.2) is 75.4 Å². The van der Waals surface area contributed by atoms with Crippen LogP contribution < -0.4 is 5.32 Å². The lowest BCUT2D eigenvalue weighted by atomic mass is 10.0. The maximum atomic E-state index is 5.43. The molecular weight excluding hydrogens is 214 g/mol. The maximum Gasteiger partial charge on any atom is 0.0593 e. The quantitative estimate of drug-likeness (QED) is 0.675. The summed E-state index contributed by atoms with van der Waals surface area (Å²) in [5, 5.41) is 3.36. The normalized spacial score (nSPS) is 24.5. The third-order valence-corrected chi connectivity index (χ3v) is 3.82. The molecule has 0 aromatic heterocycles. The van der Waals surface area contributed by atoms with E-state index in [2.05, 4.69) is 22.0 Å². The molecular formula is C13H27N3O. The van der Waals surface area contributed by atoms with Gasteiger partial charge in [-0.3, -0.25) is 4.90 Å². The molecule has 2 saturated heterocycles. The molecule has 0 atom stereocenters. The molecule has 2 heterocycles. The zero-order chi connectivity index (χ0) is 11.9. The SMILES string of the molecule is CCOCCN1CCCN(CC2CNC2)CC1. The van der Waals surface area contributed by atoms with Crippen molar-refractivity contribution in [2.45, 2.75) is 13.3 Å². The Labute approximate surface area is 105 Å². The minimum absolute atomic E-state index is 0.842. The number of nitrogens with zero attached hydrogens (tertiary/aromatic N) is 2. The Hall–Kier alpha value is -0.160. The fraction of sp³-hybridized carbons (Fsp3) is 1.00. The lowest BCUT2D eigenvalue weighted by Gasteiger charge is -2.32. The van der Waals surface area contributed by atoms with E-state index < -0.39 is 0 Å². The summed E-state index contributed by atoms with van der Waals surface area (Å²) in [6.45, 7) is 13.6. The van der Waals surface area contributed by atoms with E-state index in [1.165, 1.54) is 52.2 Å². The summed E-state index contributed by atoms with van der Waals surface area (Å²) < 4.78 is 5.43. The first-order valence-corrected chi connectivity index (χ1v) is 7.11. The lowest BCUT2D eigenvalue weighted by molar-refractivity contribution is 0.113. The van der Waals surface area contributed by atoms with Gasteiger partial charge in [-0.15, -0.1) is 0 Å². The molecule has 100 valence electrons. The van der Waals surface area contributed by atoms with Crippen LogP contribution >= 0.6 is 0 Å². The highest BCUT2D eigenvalue weighted by Crippen LogP contribution is 2.09. The topological polar surface area (TPSA) is 27.7 Å². The first-order valence-electron chi connectivity index (χ1n) is 7.11. The summed E-state index contributed by atoms with van der Waals surface area (Å²) in [6, 6.07) is 0. The Bertz CT molecular complexity index is 209. The number of hydrogen-bond acceptors (Lipinski definition) is 4. The van der Waals surface area contributed by atoms with Gasteiger partial charge in [0.25, 0.3) is 0 Å². The Morgan fingerprint density at radius 2 is 1.88 bits per heavy atom. The Balaban J connectivity index is 1.62. The van der Waals surface area contributed by atoms with Crippen LogP contribution in [0.2, 0.25) is 0 Å². The van der Waals surface area contributed by atoms with E-state index in [4.69, 9.17) is 4.74 Å². The third-order valence-electron chi connectivity index (χ3n) is 3.82. The molecule has 4 nitrogen and oxygen atoms in total. The Morgan fingerprint density at radius 1 is 1.12 bits per heavy atom.